The predicted octanol–water partition coefficient (Wildman–Crippen LogP) is -3.74. The van der Waals surface area contributed by atoms with Gasteiger partial charge in [0.15, 0.2) is 5.96 Å². The van der Waals surface area contributed by atoms with Crippen LogP contribution in [-0.4, -0.2) is 55.3 Å². The fourth-order valence-corrected chi connectivity index (χ4v) is 1.52. The van der Waals surface area contributed by atoms with Crippen LogP contribution in [0.5, 0.6) is 0 Å². The molecule has 0 aliphatic heterocycles. The third-order valence-corrected chi connectivity index (χ3v) is 2.53. The molecule has 0 bridgehead atoms. The summed E-state index contributed by atoms with van der Waals surface area (Å²) in [5.74, 6) is -2.26. The average molecular weight is 329 g/mol. The van der Waals surface area contributed by atoms with E-state index in [1.807, 2.05) is 0 Å². The third-order valence-electron chi connectivity index (χ3n) is 2.53. The first-order chi connectivity index (χ1) is 10.7. The van der Waals surface area contributed by atoms with Crippen molar-refractivity contribution in [2.75, 3.05) is 19.6 Å². The number of carbonyl (C=O) groups is 4. The fourth-order valence-electron chi connectivity index (χ4n) is 1.52. The number of nitrogens with zero attached hydrogens (tertiary/aromatic N) is 1. The van der Waals surface area contributed by atoms with Crippen molar-refractivity contribution < 1.29 is 19.2 Å². The number of guanidine groups is 1. The van der Waals surface area contributed by atoms with Crippen molar-refractivity contribution >= 4 is 29.6 Å². The molecule has 23 heavy (non-hydrogen) atoms. The molecule has 4 amide bonds. The summed E-state index contributed by atoms with van der Waals surface area (Å²) >= 11 is 0. The molecule has 0 aromatic carbocycles. The Hall–Kier alpha value is -2.85. The Bertz CT molecular complexity index is 474. The fraction of sp³-hybridized carbons (Fsp3) is 0.583. The van der Waals surface area contributed by atoms with Gasteiger partial charge in [-0.15, -0.1) is 0 Å². The number of aliphatic imine (C=N–C) groups is 1. The van der Waals surface area contributed by atoms with Crippen molar-refractivity contribution in [3.05, 3.63) is 0 Å². The molecule has 11 heteroatoms. The van der Waals surface area contributed by atoms with Crippen molar-refractivity contribution in [3.63, 3.8) is 0 Å². The molecule has 0 unspecified atom stereocenters. The molecule has 1 atom stereocenters. The highest BCUT2D eigenvalue weighted by molar-refractivity contribution is 5.91. The highest BCUT2D eigenvalue weighted by Gasteiger charge is 2.20. The Morgan fingerprint density at radius 3 is 2.22 bits per heavy atom. The van der Waals surface area contributed by atoms with E-state index >= 15 is 0 Å². The smallest absolute Gasteiger partial charge is 0.243 e. The Morgan fingerprint density at radius 1 is 1.04 bits per heavy atom. The predicted molar refractivity (Wildman–Crippen MR) is 82.7 cm³/mol. The standard InChI is InChI=1S/C12H23N7O4/c1-7(20)17-6-10(22)19-8(3-2-4-16-12(14)15)11(23)18-5-9(13)21/h8H,2-6H2,1H3,(H2,13,21)(H,17,20)(H,18,23)(H,19,22)(H4,14,15,16)/t8-/m0/s1. The van der Waals surface area contributed by atoms with E-state index in [4.69, 9.17) is 17.2 Å². The van der Waals surface area contributed by atoms with E-state index < -0.39 is 23.8 Å². The second kappa shape index (κ2) is 10.8. The van der Waals surface area contributed by atoms with Crippen LogP contribution in [0.25, 0.3) is 0 Å². The summed E-state index contributed by atoms with van der Waals surface area (Å²) in [5, 5.41) is 7.07. The number of hydrogen-bond acceptors (Lipinski definition) is 5. The van der Waals surface area contributed by atoms with Gasteiger partial charge in [0, 0.05) is 13.5 Å². The summed E-state index contributed by atoms with van der Waals surface area (Å²) in [6, 6.07) is -0.898. The summed E-state index contributed by atoms with van der Waals surface area (Å²) in [6.45, 7) is 0.941. The molecule has 0 aliphatic carbocycles. The number of carbonyl (C=O) groups excluding carboxylic acids is 4. The summed E-state index contributed by atoms with van der Waals surface area (Å²) < 4.78 is 0. The number of amides is 4. The lowest BCUT2D eigenvalue weighted by molar-refractivity contribution is -0.130. The van der Waals surface area contributed by atoms with Crippen LogP contribution in [-0.2, 0) is 19.2 Å². The number of nitrogens with one attached hydrogen (secondary N) is 3. The summed E-state index contributed by atoms with van der Waals surface area (Å²) in [6.07, 6.45) is 0.667. The lowest BCUT2D eigenvalue weighted by Crippen LogP contribution is -2.50. The maximum Gasteiger partial charge on any atom is 0.243 e. The zero-order chi connectivity index (χ0) is 17.8. The number of nitrogens with two attached hydrogens (primary N) is 3. The number of hydrogen-bond donors (Lipinski definition) is 6. The van der Waals surface area contributed by atoms with Gasteiger partial charge < -0.3 is 33.2 Å². The lowest BCUT2D eigenvalue weighted by atomic mass is 10.1. The number of rotatable bonds is 10. The van der Waals surface area contributed by atoms with E-state index in [1.165, 1.54) is 6.92 Å². The Morgan fingerprint density at radius 2 is 1.70 bits per heavy atom. The van der Waals surface area contributed by atoms with Gasteiger partial charge in [-0.2, -0.15) is 0 Å². The van der Waals surface area contributed by atoms with Gasteiger partial charge in [-0.25, -0.2) is 0 Å². The van der Waals surface area contributed by atoms with Crippen LogP contribution >= 0.6 is 0 Å². The molecule has 9 N–H and O–H groups in total. The van der Waals surface area contributed by atoms with Gasteiger partial charge in [0.2, 0.25) is 23.6 Å². The molecule has 0 spiro atoms. The lowest BCUT2D eigenvalue weighted by Gasteiger charge is -2.18. The van der Waals surface area contributed by atoms with E-state index in [0.29, 0.717) is 6.42 Å². The first kappa shape index (κ1) is 20.1. The van der Waals surface area contributed by atoms with Crippen LogP contribution in [0.15, 0.2) is 4.99 Å². The average Bonchev–Trinajstić information content (AvgIpc) is 2.45. The summed E-state index contributed by atoms with van der Waals surface area (Å²) in [4.78, 5) is 48.8. The zero-order valence-corrected chi connectivity index (χ0v) is 12.9. The van der Waals surface area contributed by atoms with Crippen molar-refractivity contribution in [3.8, 4) is 0 Å². The third kappa shape index (κ3) is 11.5. The SMILES string of the molecule is CC(=O)NCC(=O)N[C@@H](CCCN=C(N)N)C(=O)NCC(N)=O. The second-order valence-corrected chi connectivity index (χ2v) is 4.66. The highest BCUT2D eigenvalue weighted by Crippen LogP contribution is 1.99. The van der Waals surface area contributed by atoms with Crippen LogP contribution in [0.3, 0.4) is 0 Å². The quantitative estimate of drug-likeness (QED) is 0.135. The van der Waals surface area contributed by atoms with Crippen LogP contribution in [0.4, 0.5) is 0 Å². The largest absolute Gasteiger partial charge is 0.370 e. The van der Waals surface area contributed by atoms with Crippen LogP contribution in [0.2, 0.25) is 0 Å². The van der Waals surface area contributed by atoms with Gasteiger partial charge in [-0.1, -0.05) is 0 Å². The van der Waals surface area contributed by atoms with Crippen LogP contribution in [0, 0.1) is 0 Å². The van der Waals surface area contributed by atoms with Gasteiger partial charge in [0.1, 0.15) is 6.04 Å². The molecule has 0 fully saturated rings. The first-order valence-electron chi connectivity index (χ1n) is 6.87. The van der Waals surface area contributed by atoms with E-state index in [9.17, 15) is 19.2 Å². The molecular formula is C12H23N7O4. The molecule has 0 radical (unpaired) electrons. The molecule has 0 saturated heterocycles. The minimum Gasteiger partial charge on any atom is -0.370 e. The van der Waals surface area contributed by atoms with E-state index in [0.717, 1.165) is 0 Å². The van der Waals surface area contributed by atoms with Gasteiger partial charge >= 0.3 is 0 Å². The van der Waals surface area contributed by atoms with Gasteiger partial charge in [-0.05, 0) is 12.8 Å². The Kier molecular flexibility index (Phi) is 9.48. The van der Waals surface area contributed by atoms with E-state index in [1.54, 1.807) is 0 Å². The topological polar surface area (TPSA) is 195 Å². The Balaban J connectivity index is 4.54. The van der Waals surface area contributed by atoms with E-state index in [2.05, 4.69) is 20.9 Å². The molecule has 0 saturated carbocycles. The zero-order valence-electron chi connectivity index (χ0n) is 12.9. The normalized spacial score (nSPS) is 11.0. The molecule has 0 aromatic rings. The van der Waals surface area contributed by atoms with Crippen LogP contribution in [0.1, 0.15) is 19.8 Å². The van der Waals surface area contributed by atoms with Crippen LogP contribution < -0.4 is 33.2 Å². The molecule has 0 heterocycles. The molecule has 0 rings (SSSR count). The summed E-state index contributed by atoms with van der Waals surface area (Å²) in [7, 11) is 0. The molecule has 0 aliphatic rings. The molecular weight excluding hydrogens is 306 g/mol. The molecule has 130 valence electrons. The maximum atomic E-state index is 11.9. The number of primary amides is 1. The minimum absolute atomic E-state index is 0.0746. The van der Waals surface area contributed by atoms with Gasteiger partial charge in [0.25, 0.3) is 0 Å². The van der Waals surface area contributed by atoms with Crippen molar-refractivity contribution in [2.24, 2.45) is 22.2 Å². The van der Waals surface area contributed by atoms with Gasteiger partial charge in [0.05, 0.1) is 13.1 Å². The van der Waals surface area contributed by atoms with Crippen molar-refractivity contribution in [1.82, 2.24) is 16.0 Å². The highest BCUT2D eigenvalue weighted by atomic mass is 16.2. The summed E-state index contributed by atoms with van der Waals surface area (Å²) in [5.41, 5.74) is 15.3. The van der Waals surface area contributed by atoms with Crippen molar-refractivity contribution in [1.29, 1.82) is 0 Å². The van der Waals surface area contributed by atoms with Gasteiger partial charge in [-0.3, -0.25) is 24.2 Å². The molecule has 0 aromatic heterocycles. The molecule has 11 nitrogen and oxygen atoms in total. The maximum absolute atomic E-state index is 11.9. The van der Waals surface area contributed by atoms with E-state index in [-0.39, 0.29) is 37.9 Å². The Labute approximate surface area is 133 Å². The first-order valence-corrected chi connectivity index (χ1v) is 6.87. The second-order valence-electron chi connectivity index (χ2n) is 4.66. The minimum atomic E-state index is -0.898. The van der Waals surface area contributed by atoms with Crippen molar-refractivity contribution in [2.45, 2.75) is 25.8 Å². The monoisotopic (exact) mass is 329 g/mol.